The molecule has 2 heterocycles. The lowest BCUT2D eigenvalue weighted by Crippen LogP contribution is -2.39. The first-order valence-corrected chi connectivity index (χ1v) is 9.60. The lowest BCUT2D eigenvalue weighted by molar-refractivity contribution is -0.120. The van der Waals surface area contributed by atoms with Gasteiger partial charge in [0.2, 0.25) is 0 Å². The van der Waals surface area contributed by atoms with Crippen molar-refractivity contribution in [2.24, 2.45) is 5.92 Å². The third kappa shape index (κ3) is 4.34. The first-order valence-electron chi connectivity index (χ1n) is 9.60. The van der Waals surface area contributed by atoms with Crippen molar-refractivity contribution in [3.05, 3.63) is 17.6 Å². The molecule has 0 aliphatic carbocycles. The molecule has 0 spiro atoms. The molecular formula is C20H33N3O. The van der Waals surface area contributed by atoms with E-state index in [1.165, 1.54) is 5.56 Å². The number of Topliss-reactive ketones (excluding diaryl/α,β-unsaturated/α-hetero) is 1. The van der Waals surface area contributed by atoms with Crippen LogP contribution >= 0.6 is 0 Å². The summed E-state index contributed by atoms with van der Waals surface area (Å²) in [5.74, 6) is 3.28. The van der Waals surface area contributed by atoms with Crippen molar-refractivity contribution < 1.29 is 4.79 Å². The Morgan fingerprint density at radius 3 is 2.71 bits per heavy atom. The molecule has 134 valence electrons. The van der Waals surface area contributed by atoms with Crippen LogP contribution in [0.4, 0.5) is 5.82 Å². The average Bonchev–Trinajstić information content (AvgIpc) is 2.60. The Balaban J connectivity index is 2.37. The third-order valence-corrected chi connectivity index (χ3v) is 5.42. The Kier molecular flexibility index (Phi) is 6.76. The van der Waals surface area contributed by atoms with Crippen molar-refractivity contribution in [2.45, 2.75) is 78.6 Å². The largest absolute Gasteiger partial charge is 0.356 e. The van der Waals surface area contributed by atoms with Crippen LogP contribution in [0.5, 0.6) is 0 Å². The van der Waals surface area contributed by atoms with Crippen LogP contribution in [0.25, 0.3) is 0 Å². The van der Waals surface area contributed by atoms with E-state index in [0.717, 1.165) is 56.8 Å². The highest BCUT2D eigenvalue weighted by Crippen LogP contribution is 2.32. The Bertz CT molecular complexity index is 558. The standard InChI is InChI=1S/C20H33N3O/c1-6-9-15(4)18-12-21-19(14(3)7-2)22-20(18)23-11-8-10-17(13-23)16(5)24/h12,14-15,17H,6-11,13H2,1-5H3. The van der Waals surface area contributed by atoms with Gasteiger partial charge in [0, 0.05) is 36.7 Å². The van der Waals surface area contributed by atoms with Gasteiger partial charge in [-0.1, -0.05) is 34.1 Å². The maximum Gasteiger partial charge on any atom is 0.135 e. The number of carbonyl (C=O) groups excluding carboxylic acids is 1. The van der Waals surface area contributed by atoms with Gasteiger partial charge in [-0.3, -0.25) is 4.79 Å². The Morgan fingerprint density at radius 1 is 1.33 bits per heavy atom. The highest BCUT2D eigenvalue weighted by Gasteiger charge is 2.27. The van der Waals surface area contributed by atoms with E-state index in [1.807, 2.05) is 6.20 Å². The highest BCUT2D eigenvalue weighted by atomic mass is 16.1. The molecule has 1 aromatic rings. The van der Waals surface area contributed by atoms with E-state index in [4.69, 9.17) is 4.98 Å². The first-order chi connectivity index (χ1) is 11.5. The summed E-state index contributed by atoms with van der Waals surface area (Å²) in [5, 5.41) is 0. The Hall–Kier alpha value is -1.45. The molecule has 0 bridgehead atoms. The summed E-state index contributed by atoms with van der Waals surface area (Å²) in [6.45, 7) is 12.4. The van der Waals surface area contributed by atoms with Crippen LogP contribution in [-0.2, 0) is 4.79 Å². The van der Waals surface area contributed by atoms with E-state index < -0.39 is 0 Å². The second-order valence-corrected chi connectivity index (χ2v) is 7.40. The summed E-state index contributed by atoms with van der Waals surface area (Å²) >= 11 is 0. The number of hydrogen-bond donors (Lipinski definition) is 0. The second kappa shape index (κ2) is 8.59. The lowest BCUT2D eigenvalue weighted by atomic mass is 9.92. The van der Waals surface area contributed by atoms with Crippen LogP contribution in [-0.4, -0.2) is 28.8 Å². The quantitative estimate of drug-likeness (QED) is 0.726. The molecule has 0 saturated carbocycles. The molecule has 1 aliphatic rings. The highest BCUT2D eigenvalue weighted by molar-refractivity contribution is 5.79. The topological polar surface area (TPSA) is 46.1 Å². The third-order valence-electron chi connectivity index (χ3n) is 5.42. The fourth-order valence-electron chi connectivity index (χ4n) is 3.51. The maximum atomic E-state index is 11.9. The number of rotatable bonds is 7. The molecule has 0 aromatic carbocycles. The number of anilines is 1. The summed E-state index contributed by atoms with van der Waals surface area (Å²) in [4.78, 5) is 23.8. The summed E-state index contributed by atoms with van der Waals surface area (Å²) < 4.78 is 0. The maximum absolute atomic E-state index is 11.9. The monoisotopic (exact) mass is 331 g/mol. The first kappa shape index (κ1) is 18.9. The molecule has 0 radical (unpaired) electrons. The molecule has 4 nitrogen and oxygen atoms in total. The zero-order valence-corrected chi connectivity index (χ0v) is 16.0. The molecule has 3 unspecified atom stereocenters. The molecule has 1 fully saturated rings. The van der Waals surface area contributed by atoms with Gasteiger partial charge in [-0.05, 0) is 38.5 Å². The molecule has 1 aliphatic heterocycles. The van der Waals surface area contributed by atoms with E-state index in [1.54, 1.807) is 6.92 Å². The molecule has 4 heteroatoms. The molecular weight excluding hydrogens is 298 g/mol. The minimum atomic E-state index is 0.148. The predicted octanol–water partition coefficient (Wildman–Crippen LogP) is 4.70. The fourth-order valence-corrected chi connectivity index (χ4v) is 3.51. The predicted molar refractivity (Wildman–Crippen MR) is 99.7 cm³/mol. The minimum Gasteiger partial charge on any atom is -0.356 e. The van der Waals surface area contributed by atoms with E-state index in [-0.39, 0.29) is 5.92 Å². The van der Waals surface area contributed by atoms with Crippen LogP contribution in [0.3, 0.4) is 0 Å². The van der Waals surface area contributed by atoms with Gasteiger partial charge >= 0.3 is 0 Å². The summed E-state index contributed by atoms with van der Waals surface area (Å²) in [6, 6.07) is 0. The van der Waals surface area contributed by atoms with Crippen LogP contribution in [0.2, 0.25) is 0 Å². The number of ketones is 1. The number of aromatic nitrogens is 2. The SMILES string of the molecule is CCCC(C)c1cnc(C(C)CC)nc1N1CCCC(C(C)=O)C1. The van der Waals surface area contributed by atoms with Crippen molar-refractivity contribution >= 4 is 11.6 Å². The Morgan fingerprint density at radius 2 is 2.08 bits per heavy atom. The summed E-state index contributed by atoms with van der Waals surface area (Å²) in [5.41, 5.74) is 1.24. The van der Waals surface area contributed by atoms with E-state index >= 15 is 0 Å². The zero-order valence-electron chi connectivity index (χ0n) is 16.0. The van der Waals surface area contributed by atoms with Crippen LogP contribution in [0, 0.1) is 5.92 Å². The molecule has 2 rings (SSSR count). The van der Waals surface area contributed by atoms with Crippen molar-refractivity contribution in [3.8, 4) is 0 Å². The van der Waals surface area contributed by atoms with Crippen molar-refractivity contribution in [1.29, 1.82) is 0 Å². The number of nitrogens with zero attached hydrogens (tertiary/aromatic N) is 3. The van der Waals surface area contributed by atoms with Crippen molar-refractivity contribution in [1.82, 2.24) is 9.97 Å². The van der Waals surface area contributed by atoms with Crippen molar-refractivity contribution in [2.75, 3.05) is 18.0 Å². The summed E-state index contributed by atoms with van der Waals surface area (Å²) in [6.07, 6.45) is 7.46. The van der Waals surface area contributed by atoms with Crippen molar-refractivity contribution in [3.63, 3.8) is 0 Å². The molecule has 1 saturated heterocycles. The smallest absolute Gasteiger partial charge is 0.135 e. The van der Waals surface area contributed by atoms with Gasteiger partial charge in [0.25, 0.3) is 0 Å². The zero-order chi connectivity index (χ0) is 17.7. The average molecular weight is 332 g/mol. The molecule has 1 aromatic heterocycles. The van der Waals surface area contributed by atoms with Crippen LogP contribution in [0.15, 0.2) is 6.20 Å². The second-order valence-electron chi connectivity index (χ2n) is 7.40. The molecule has 3 atom stereocenters. The van der Waals surface area contributed by atoms with Gasteiger partial charge in [0.15, 0.2) is 0 Å². The normalized spacial score (nSPS) is 20.7. The van der Waals surface area contributed by atoms with Crippen LogP contribution < -0.4 is 4.90 Å². The van der Waals surface area contributed by atoms with Crippen LogP contribution in [0.1, 0.15) is 89.9 Å². The summed E-state index contributed by atoms with van der Waals surface area (Å²) in [7, 11) is 0. The van der Waals surface area contributed by atoms with E-state index in [9.17, 15) is 4.79 Å². The molecule has 0 N–H and O–H groups in total. The van der Waals surface area contributed by atoms with Gasteiger partial charge in [0.05, 0.1) is 0 Å². The fraction of sp³-hybridized carbons (Fsp3) is 0.750. The lowest BCUT2D eigenvalue weighted by Gasteiger charge is -2.34. The molecule has 0 amide bonds. The van der Waals surface area contributed by atoms with E-state index in [0.29, 0.717) is 17.6 Å². The van der Waals surface area contributed by atoms with Gasteiger partial charge in [-0.2, -0.15) is 0 Å². The van der Waals surface area contributed by atoms with E-state index in [2.05, 4.69) is 37.6 Å². The number of hydrogen-bond acceptors (Lipinski definition) is 4. The number of piperidine rings is 1. The van der Waals surface area contributed by atoms with Gasteiger partial charge in [-0.15, -0.1) is 0 Å². The minimum absolute atomic E-state index is 0.148. The Labute approximate surface area is 147 Å². The van der Waals surface area contributed by atoms with Gasteiger partial charge < -0.3 is 4.90 Å². The number of carbonyl (C=O) groups is 1. The van der Waals surface area contributed by atoms with Gasteiger partial charge in [0.1, 0.15) is 17.4 Å². The molecule has 24 heavy (non-hydrogen) atoms. The van der Waals surface area contributed by atoms with Gasteiger partial charge in [-0.25, -0.2) is 9.97 Å².